The highest BCUT2D eigenvalue weighted by atomic mass is 16.5. The van der Waals surface area contributed by atoms with Gasteiger partial charge in [-0.05, 0) is 41.7 Å². The summed E-state index contributed by atoms with van der Waals surface area (Å²) in [4.78, 5) is 0. The van der Waals surface area contributed by atoms with Crippen molar-refractivity contribution in [3.05, 3.63) is 60.2 Å². The highest BCUT2D eigenvalue weighted by Gasteiger charge is 2.17. The molecule has 18 heavy (non-hydrogen) atoms. The first-order chi connectivity index (χ1) is 8.62. The Morgan fingerprint density at radius 2 is 1.78 bits per heavy atom. The lowest BCUT2D eigenvalue weighted by Gasteiger charge is -2.23. The number of benzene rings is 2. The SMILES string of the molecule is CCC(C)(C)c1c[c]c(Oc2ccccc2)cc1. The molecule has 0 heterocycles. The Bertz CT molecular complexity index is 483. The fourth-order valence-electron chi connectivity index (χ4n) is 1.71. The van der Waals surface area contributed by atoms with Gasteiger partial charge in [-0.3, -0.25) is 0 Å². The summed E-state index contributed by atoms with van der Waals surface area (Å²) in [5.74, 6) is 1.60. The van der Waals surface area contributed by atoms with Crippen molar-refractivity contribution in [2.75, 3.05) is 0 Å². The fraction of sp³-hybridized carbons (Fsp3) is 0.294. The summed E-state index contributed by atoms with van der Waals surface area (Å²) in [6, 6.07) is 19.1. The lowest BCUT2D eigenvalue weighted by atomic mass is 9.82. The maximum absolute atomic E-state index is 5.72. The second kappa shape index (κ2) is 5.26. The van der Waals surface area contributed by atoms with E-state index in [1.54, 1.807) is 0 Å². The Morgan fingerprint density at radius 3 is 2.33 bits per heavy atom. The Kier molecular flexibility index (Phi) is 3.71. The van der Waals surface area contributed by atoms with E-state index in [0.717, 1.165) is 17.9 Å². The molecule has 2 aromatic rings. The van der Waals surface area contributed by atoms with Crippen LogP contribution in [-0.4, -0.2) is 0 Å². The predicted molar refractivity (Wildman–Crippen MR) is 75.1 cm³/mol. The van der Waals surface area contributed by atoms with Gasteiger partial charge in [0.1, 0.15) is 11.5 Å². The van der Waals surface area contributed by atoms with Crippen LogP contribution in [-0.2, 0) is 5.41 Å². The summed E-state index contributed by atoms with van der Waals surface area (Å²) in [6.45, 7) is 6.69. The summed E-state index contributed by atoms with van der Waals surface area (Å²) in [5, 5.41) is 0. The molecule has 1 radical (unpaired) electrons. The van der Waals surface area contributed by atoms with Gasteiger partial charge in [0.25, 0.3) is 0 Å². The van der Waals surface area contributed by atoms with E-state index in [1.165, 1.54) is 5.56 Å². The van der Waals surface area contributed by atoms with Gasteiger partial charge < -0.3 is 4.74 Å². The van der Waals surface area contributed by atoms with Crippen molar-refractivity contribution >= 4 is 0 Å². The normalized spacial score (nSPS) is 11.3. The van der Waals surface area contributed by atoms with E-state index < -0.39 is 0 Å². The molecule has 0 unspecified atom stereocenters. The standard InChI is InChI=1S/C17H19O/c1-4-17(2,3)14-10-12-16(13-11-14)18-15-8-6-5-7-9-15/h5-12H,4H2,1-3H3. The zero-order valence-electron chi connectivity index (χ0n) is 11.2. The molecule has 0 N–H and O–H groups in total. The minimum absolute atomic E-state index is 0.196. The Morgan fingerprint density at radius 1 is 1.06 bits per heavy atom. The quantitative estimate of drug-likeness (QED) is 0.732. The van der Waals surface area contributed by atoms with Crippen molar-refractivity contribution in [3.63, 3.8) is 0 Å². The first-order valence-electron chi connectivity index (χ1n) is 6.37. The molecule has 0 aromatic heterocycles. The Hall–Kier alpha value is -1.76. The average Bonchev–Trinajstić information content (AvgIpc) is 2.40. The number of para-hydroxylation sites is 1. The molecule has 0 amide bonds. The maximum Gasteiger partial charge on any atom is 0.135 e. The van der Waals surface area contributed by atoms with E-state index in [0.29, 0.717) is 0 Å². The van der Waals surface area contributed by atoms with Crippen molar-refractivity contribution in [2.24, 2.45) is 0 Å². The summed E-state index contributed by atoms with van der Waals surface area (Å²) in [6.07, 6.45) is 1.11. The van der Waals surface area contributed by atoms with Gasteiger partial charge in [0, 0.05) is 6.07 Å². The topological polar surface area (TPSA) is 9.23 Å². The minimum atomic E-state index is 0.196. The van der Waals surface area contributed by atoms with Gasteiger partial charge in [-0.1, -0.05) is 45.0 Å². The highest BCUT2D eigenvalue weighted by molar-refractivity contribution is 5.34. The van der Waals surface area contributed by atoms with Crippen LogP contribution in [0.2, 0.25) is 0 Å². The molecule has 0 aliphatic heterocycles. The first-order valence-corrected chi connectivity index (χ1v) is 6.37. The molecule has 0 aliphatic rings. The van der Waals surface area contributed by atoms with E-state index in [1.807, 2.05) is 42.5 Å². The van der Waals surface area contributed by atoms with Crippen molar-refractivity contribution < 1.29 is 4.74 Å². The minimum Gasteiger partial charge on any atom is -0.457 e. The second-order valence-corrected chi connectivity index (χ2v) is 5.09. The summed E-state index contributed by atoms with van der Waals surface area (Å²) >= 11 is 0. The van der Waals surface area contributed by atoms with E-state index in [-0.39, 0.29) is 5.41 Å². The smallest absolute Gasteiger partial charge is 0.135 e. The number of hydrogen-bond acceptors (Lipinski definition) is 1. The third kappa shape index (κ3) is 2.92. The first kappa shape index (κ1) is 12.7. The molecule has 2 aromatic carbocycles. The molecular formula is C17H19O. The predicted octanol–water partition coefficient (Wildman–Crippen LogP) is 4.97. The van der Waals surface area contributed by atoms with E-state index in [9.17, 15) is 0 Å². The molecule has 93 valence electrons. The van der Waals surface area contributed by atoms with Crippen molar-refractivity contribution in [2.45, 2.75) is 32.6 Å². The zero-order valence-corrected chi connectivity index (χ0v) is 11.2. The molecule has 0 saturated carbocycles. The number of ether oxygens (including phenoxy) is 1. The summed E-state index contributed by atoms with van der Waals surface area (Å²) in [5.41, 5.74) is 1.49. The molecule has 0 bridgehead atoms. The van der Waals surface area contributed by atoms with Crippen LogP contribution in [0.25, 0.3) is 0 Å². The molecule has 0 aliphatic carbocycles. The van der Waals surface area contributed by atoms with Crippen molar-refractivity contribution in [1.29, 1.82) is 0 Å². The van der Waals surface area contributed by atoms with E-state index in [4.69, 9.17) is 4.74 Å². The number of rotatable bonds is 4. The lowest BCUT2D eigenvalue weighted by Crippen LogP contribution is -2.14. The molecule has 0 fully saturated rings. The summed E-state index contributed by atoms with van der Waals surface area (Å²) in [7, 11) is 0. The van der Waals surface area contributed by atoms with Crippen LogP contribution in [0.15, 0.2) is 48.5 Å². The highest BCUT2D eigenvalue weighted by Crippen LogP contribution is 2.29. The van der Waals surface area contributed by atoms with Crippen LogP contribution in [0.4, 0.5) is 0 Å². The van der Waals surface area contributed by atoms with Gasteiger partial charge in [-0.2, -0.15) is 0 Å². The van der Waals surface area contributed by atoms with E-state index in [2.05, 4.69) is 32.9 Å². The van der Waals surface area contributed by atoms with Crippen LogP contribution in [0.1, 0.15) is 32.8 Å². The largest absolute Gasteiger partial charge is 0.457 e. The molecule has 1 heteroatoms. The third-order valence-corrected chi connectivity index (χ3v) is 3.42. The fourth-order valence-corrected chi connectivity index (χ4v) is 1.71. The monoisotopic (exact) mass is 239 g/mol. The van der Waals surface area contributed by atoms with Gasteiger partial charge in [0.2, 0.25) is 0 Å². The second-order valence-electron chi connectivity index (χ2n) is 5.09. The molecule has 0 spiro atoms. The maximum atomic E-state index is 5.72. The molecule has 2 rings (SSSR count). The van der Waals surface area contributed by atoms with Crippen LogP contribution in [0.3, 0.4) is 0 Å². The molecule has 0 atom stereocenters. The molecule has 1 nitrogen and oxygen atoms in total. The molecular weight excluding hydrogens is 220 g/mol. The summed E-state index contributed by atoms with van der Waals surface area (Å²) < 4.78 is 5.72. The van der Waals surface area contributed by atoms with Crippen LogP contribution >= 0.6 is 0 Å². The van der Waals surface area contributed by atoms with Gasteiger partial charge in [0.05, 0.1) is 0 Å². The lowest BCUT2D eigenvalue weighted by molar-refractivity contribution is 0.477. The van der Waals surface area contributed by atoms with Crippen LogP contribution in [0.5, 0.6) is 11.5 Å². The van der Waals surface area contributed by atoms with Gasteiger partial charge in [-0.25, -0.2) is 0 Å². The van der Waals surface area contributed by atoms with Crippen molar-refractivity contribution in [1.82, 2.24) is 0 Å². The zero-order chi connectivity index (χ0) is 13.0. The average molecular weight is 239 g/mol. The third-order valence-electron chi connectivity index (χ3n) is 3.42. The van der Waals surface area contributed by atoms with Gasteiger partial charge in [-0.15, -0.1) is 0 Å². The van der Waals surface area contributed by atoms with Crippen LogP contribution in [0, 0.1) is 6.07 Å². The van der Waals surface area contributed by atoms with Crippen LogP contribution < -0.4 is 4.74 Å². The Balaban J connectivity index is 2.14. The van der Waals surface area contributed by atoms with E-state index >= 15 is 0 Å². The van der Waals surface area contributed by atoms with Crippen molar-refractivity contribution in [3.8, 4) is 11.5 Å². The number of hydrogen-bond donors (Lipinski definition) is 0. The van der Waals surface area contributed by atoms with Gasteiger partial charge in [0.15, 0.2) is 0 Å². The molecule has 0 saturated heterocycles. The Labute approximate surface area is 109 Å². The van der Waals surface area contributed by atoms with Gasteiger partial charge >= 0.3 is 0 Å².